The number of piperidine rings is 3. The van der Waals surface area contributed by atoms with Gasteiger partial charge in [-0.25, -0.2) is 0 Å². The maximum atomic E-state index is 8.80. The highest BCUT2D eigenvalue weighted by molar-refractivity contribution is 5.00. The highest BCUT2D eigenvalue weighted by Gasteiger charge is 2.46. The van der Waals surface area contributed by atoms with Gasteiger partial charge >= 0.3 is 0 Å². The number of nitrogens with zero attached hydrogens (tertiary/aromatic N) is 1. The van der Waals surface area contributed by atoms with Crippen molar-refractivity contribution in [2.75, 3.05) is 39.4 Å². The summed E-state index contributed by atoms with van der Waals surface area (Å²) in [6.07, 6.45) is 2.39. The minimum absolute atomic E-state index is 0.0917. The summed E-state index contributed by atoms with van der Waals surface area (Å²) >= 11 is 0. The topological polar surface area (TPSA) is 58.7 Å². The maximum absolute atomic E-state index is 8.80. The van der Waals surface area contributed by atoms with Gasteiger partial charge in [-0.05, 0) is 31.8 Å². The van der Waals surface area contributed by atoms with E-state index in [2.05, 4.69) is 4.90 Å². The number of ether oxygens (including phenoxy) is 1. The van der Waals surface area contributed by atoms with E-state index in [0.717, 1.165) is 6.54 Å². The molecule has 0 aliphatic carbocycles. The molecule has 1 atom stereocenters. The Bertz CT molecular complexity index is 193. The predicted octanol–water partition coefficient (Wildman–Crippen LogP) is -0.582. The van der Waals surface area contributed by atoms with E-state index >= 15 is 0 Å². The van der Waals surface area contributed by atoms with E-state index in [9.17, 15) is 0 Å². The fraction of sp³-hybridized carbons (Fsp3) is 1.00. The van der Waals surface area contributed by atoms with Crippen molar-refractivity contribution in [3.05, 3.63) is 0 Å². The monoisotopic (exact) mass is 200 g/mol. The first-order valence-corrected chi connectivity index (χ1v) is 5.48. The second-order valence-electron chi connectivity index (χ2n) is 4.39. The van der Waals surface area contributed by atoms with Crippen LogP contribution in [-0.4, -0.2) is 55.0 Å². The average Bonchev–Trinajstić information content (AvgIpc) is 2.28. The summed E-state index contributed by atoms with van der Waals surface area (Å²) in [5, 5.41) is 8.80. The van der Waals surface area contributed by atoms with Crippen LogP contribution in [0.3, 0.4) is 0 Å². The Morgan fingerprint density at radius 3 is 2.57 bits per heavy atom. The van der Waals surface area contributed by atoms with Crippen LogP contribution in [0.25, 0.3) is 0 Å². The summed E-state index contributed by atoms with van der Waals surface area (Å²) in [6.45, 7) is 4.42. The lowest BCUT2D eigenvalue weighted by Gasteiger charge is -2.52. The Kier molecular flexibility index (Phi) is 3.07. The number of hydrogen-bond donors (Lipinski definition) is 2. The van der Waals surface area contributed by atoms with Crippen molar-refractivity contribution in [3.63, 3.8) is 0 Å². The molecule has 0 radical (unpaired) electrons. The molecule has 0 aromatic heterocycles. The summed E-state index contributed by atoms with van der Waals surface area (Å²) in [4.78, 5) is 2.42. The lowest BCUT2D eigenvalue weighted by molar-refractivity contribution is -0.151. The van der Waals surface area contributed by atoms with Crippen molar-refractivity contribution in [2.24, 2.45) is 11.7 Å². The molecule has 3 N–H and O–H groups in total. The van der Waals surface area contributed by atoms with E-state index in [1.165, 1.54) is 25.9 Å². The molecule has 14 heavy (non-hydrogen) atoms. The molecule has 4 heteroatoms. The van der Waals surface area contributed by atoms with Gasteiger partial charge in [-0.3, -0.25) is 0 Å². The van der Waals surface area contributed by atoms with Gasteiger partial charge in [0.25, 0.3) is 0 Å². The summed E-state index contributed by atoms with van der Waals surface area (Å²) in [5.74, 6) is 0.601. The third kappa shape index (κ3) is 1.67. The van der Waals surface area contributed by atoms with Crippen LogP contribution in [0, 0.1) is 5.92 Å². The minimum atomic E-state index is -0.167. The molecule has 3 aliphatic heterocycles. The van der Waals surface area contributed by atoms with Gasteiger partial charge in [0.05, 0.1) is 18.8 Å². The first-order chi connectivity index (χ1) is 6.80. The third-order valence-corrected chi connectivity index (χ3v) is 3.65. The molecule has 82 valence electrons. The van der Waals surface area contributed by atoms with Gasteiger partial charge in [0.15, 0.2) is 0 Å². The Hall–Kier alpha value is -0.160. The van der Waals surface area contributed by atoms with Gasteiger partial charge in [-0.1, -0.05) is 0 Å². The van der Waals surface area contributed by atoms with E-state index in [1.807, 2.05) is 0 Å². The van der Waals surface area contributed by atoms with Crippen molar-refractivity contribution >= 4 is 0 Å². The van der Waals surface area contributed by atoms with E-state index in [0.29, 0.717) is 19.1 Å². The highest BCUT2D eigenvalue weighted by Crippen LogP contribution is 2.37. The van der Waals surface area contributed by atoms with Crippen LogP contribution in [0.1, 0.15) is 12.8 Å². The van der Waals surface area contributed by atoms with Crippen LogP contribution in [0.2, 0.25) is 0 Å². The number of aliphatic hydroxyl groups excluding tert-OH is 1. The Morgan fingerprint density at radius 1 is 1.43 bits per heavy atom. The number of hydrogen-bond acceptors (Lipinski definition) is 4. The zero-order chi connectivity index (χ0) is 10.0. The zero-order valence-electron chi connectivity index (χ0n) is 8.61. The normalized spacial score (nSPS) is 41.6. The Labute approximate surface area is 85.0 Å². The molecule has 0 aromatic rings. The summed E-state index contributed by atoms with van der Waals surface area (Å²) in [7, 11) is 0. The fourth-order valence-electron chi connectivity index (χ4n) is 2.83. The maximum Gasteiger partial charge on any atom is 0.0960 e. The molecule has 0 amide bonds. The molecule has 0 saturated carbocycles. The van der Waals surface area contributed by atoms with Crippen molar-refractivity contribution in [3.8, 4) is 0 Å². The molecular formula is C10H20N2O2. The number of rotatable bonds is 4. The quantitative estimate of drug-likeness (QED) is 0.637. The standard InChI is InChI=1S/C10H20N2O2/c11-7-10(14-6-5-13)8-12-3-1-9(10)2-4-12/h9,13H,1-8,11H2. The Morgan fingerprint density at radius 2 is 2.14 bits per heavy atom. The largest absolute Gasteiger partial charge is 0.394 e. The molecule has 0 spiro atoms. The minimum Gasteiger partial charge on any atom is -0.394 e. The molecule has 3 fully saturated rings. The van der Waals surface area contributed by atoms with Crippen LogP contribution in [-0.2, 0) is 4.74 Å². The second kappa shape index (κ2) is 4.14. The van der Waals surface area contributed by atoms with Crippen molar-refractivity contribution in [2.45, 2.75) is 18.4 Å². The molecule has 3 heterocycles. The highest BCUT2D eigenvalue weighted by atomic mass is 16.5. The van der Waals surface area contributed by atoms with Gasteiger partial charge in [0, 0.05) is 13.1 Å². The van der Waals surface area contributed by atoms with Gasteiger partial charge in [-0.2, -0.15) is 0 Å². The van der Waals surface area contributed by atoms with E-state index in [-0.39, 0.29) is 12.2 Å². The molecule has 1 unspecified atom stereocenters. The SMILES string of the molecule is NCC1(OCCO)CN2CCC1CC2. The first kappa shape index (κ1) is 10.4. The molecule has 0 aromatic carbocycles. The average molecular weight is 200 g/mol. The molecule has 3 rings (SSSR count). The zero-order valence-corrected chi connectivity index (χ0v) is 8.61. The summed E-state index contributed by atoms with van der Waals surface area (Å²) in [5.41, 5.74) is 5.66. The van der Waals surface area contributed by atoms with Crippen molar-refractivity contribution in [1.82, 2.24) is 4.90 Å². The van der Waals surface area contributed by atoms with E-state index < -0.39 is 0 Å². The number of nitrogens with two attached hydrogens (primary N) is 1. The molecule has 3 aliphatic rings. The Balaban J connectivity index is 2.03. The fourth-order valence-corrected chi connectivity index (χ4v) is 2.83. The lowest BCUT2D eigenvalue weighted by Crippen LogP contribution is -2.63. The first-order valence-electron chi connectivity index (χ1n) is 5.48. The van der Waals surface area contributed by atoms with Crippen LogP contribution in [0.15, 0.2) is 0 Å². The van der Waals surface area contributed by atoms with Crippen LogP contribution >= 0.6 is 0 Å². The predicted molar refractivity (Wildman–Crippen MR) is 54.0 cm³/mol. The van der Waals surface area contributed by atoms with E-state index in [4.69, 9.17) is 15.6 Å². The number of fused-ring (bicyclic) bond motifs is 3. The van der Waals surface area contributed by atoms with Gasteiger partial charge < -0.3 is 20.5 Å². The van der Waals surface area contributed by atoms with Crippen LogP contribution in [0.5, 0.6) is 0 Å². The summed E-state index contributed by atoms with van der Waals surface area (Å²) in [6, 6.07) is 0. The van der Waals surface area contributed by atoms with Crippen LogP contribution in [0.4, 0.5) is 0 Å². The molecule has 2 bridgehead atoms. The summed E-state index contributed by atoms with van der Waals surface area (Å²) < 4.78 is 5.79. The second-order valence-corrected chi connectivity index (χ2v) is 4.39. The van der Waals surface area contributed by atoms with Gasteiger partial charge in [0.1, 0.15) is 0 Å². The van der Waals surface area contributed by atoms with Crippen molar-refractivity contribution < 1.29 is 9.84 Å². The number of aliphatic hydroxyl groups is 1. The van der Waals surface area contributed by atoms with E-state index in [1.54, 1.807) is 0 Å². The van der Waals surface area contributed by atoms with Gasteiger partial charge in [-0.15, -0.1) is 0 Å². The van der Waals surface area contributed by atoms with Gasteiger partial charge in [0.2, 0.25) is 0 Å². The molecular weight excluding hydrogens is 180 g/mol. The van der Waals surface area contributed by atoms with Crippen molar-refractivity contribution in [1.29, 1.82) is 0 Å². The smallest absolute Gasteiger partial charge is 0.0960 e. The lowest BCUT2D eigenvalue weighted by atomic mass is 9.75. The third-order valence-electron chi connectivity index (χ3n) is 3.65. The van der Waals surface area contributed by atoms with Crippen LogP contribution < -0.4 is 5.73 Å². The molecule has 4 nitrogen and oxygen atoms in total. The molecule has 3 saturated heterocycles.